The molecule has 19 heavy (non-hydrogen) atoms. The van der Waals surface area contributed by atoms with Gasteiger partial charge in [-0.3, -0.25) is 4.79 Å². The highest BCUT2D eigenvalue weighted by atomic mass is 16.5. The van der Waals surface area contributed by atoms with Gasteiger partial charge in [0, 0.05) is 20.3 Å². The number of nitrogens with zero attached hydrogens (tertiary/aromatic N) is 1. The van der Waals surface area contributed by atoms with Crippen LogP contribution in [0, 0.1) is 16.7 Å². The molecule has 5 heteroatoms. The number of methoxy groups -OCH3 is 1. The molecule has 5 nitrogen and oxygen atoms in total. The van der Waals surface area contributed by atoms with Gasteiger partial charge in [0.05, 0.1) is 19.3 Å². The van der Waals surface area contributed by atoms with Crippen molar-refractivity contribution in [3.63, 3.8) is 0 Å². The molecular weight excluding hydrogens is 244 g/mol. The van der Waals surface area contributed by atoms with Crippen molar-refractivity contribution in [1.82, 2.24) is 5.32 Å². The molecule has 0 saturated heterocycles. The second kappa shape index (κ2) is 10.8. The van der Waals surface area contributed by atoms with Crippen LogP contribution >= 0.6 is 0 Å². The minimum Gasteiger partial charge on any atom is -0.382 e. The average Bonchev–Trinajstić information content (AvgIpc) is 2.44. The third kappa shape index (κ3) is 6.55. The Hall–Kier alpha value is -1.12. The van der Waals surface area contributed by atoms with Gasteiger partial charge in [-0.2, -0.15) is 5.26 Å². The van der Waals surface area contributed by atoms with Crippen molar-refractivity contribution in [3.8, 4) is 6.07 Å². The van der Waals surface area contributed by atoms with Crippen LogP contribution in [-0.4, -0.2) is 39.4 Å². The molecule has 1 N–H and O–H groups in total. The van der Waals surface area contributed by atoms with Crippen molar-refractivity contribution in [2.24, 2.45) is 5.41 Å². The number of carbonyl (C=O) groups is 1. The SMILES string of the molecule is CCC(C#N)(CC)C(=O)NCCCCOCCOC. The topological polar surface area (TPSA) is 71.4 Å². The number of ether oxygens (including phenoxy) is 2. The first-order valence-electron chi connectivity index (χ1n) is 6.93. The number of nitrogens with one attached hydrogen (secondary N) is 1. The third-order valence-corrected chi connectivity index (χ3v) is 3.29. The lowest BCUT2D eigenvalue weighted by atomic mass is 9.83. The second-order valence-electron chi connectivity index (χ2n) is 4.47. The Labute approximate surface area is 116 Å². The number of amides is 1. The summed E-state index contributed by atoms with van der Waals surface area (Å²) in [6.07, 6.45) is 2.84. The zero-order valence-electron chi connectivity index (χ0n) is 12.3. The van der Waals surface area contributed by atoms with E-state index in [0.717, 1.165) is 12.8 Å². The van der Waals surface area contributed by atoms with Gasteiger partial charge in [0.1, 0.15) is 5.41 Å². The molecule has 0 unspecified atom stereocenters. The number of carbonyl (C=O) groups excluding carboxylic acids is 1. The maximum atomic E-state index is 12.0. The van der Waals surface area contributed by atoms with E-state index in [9.17, 15) is 4.79 Å². The van der Waals surface area contributed by atoms with Gasteiger partial charge in [-0.25, -0.2) is 0 Å². The molecule has 0 aliphatic heterocycles. The zero-order chi connectivity index (χ0) is 14.6. The van der Waals surface area contributed by atoms with Crippen LogP contribution in [0.5, 0.6) is 0 Å². The molecule has 0 radical (unpaired) electrons. The maximum absolute atomic E-state index is 12.0. The number of rotatable bonds is 11. The van der Waals surface area contributed by atoms with Gasteiger partial charge in [-0.05, 0) is 25.7 Å². The highest BCUT2D eigenvalue weighted by Gasteiger charge is 2.34. The van der Waals surface area contributed by atoms with Gasteiger partial charge in [0.2, 0.25) is 5.91 Å². The Morgan fingerprint density at radius 1 is 1.21 bits per heavy atom. The summed E-state index contributed by atoms with van der Waals surface area (Å²) in [4.78, 5) is 12.0. The van der Waals surface area contributed by atoms with Gasteiger partial charge in [-0.1, -0.05) is 13.8 Å². The predicted molar refractivity (Wildman–Crippen MR) is 73.6 cm³/mol. The van der Waals surface area contributed by atoms with Crippen molar-refractivity contribution in [2.75, 3.05) is 33.5 Å². The summed E-state index contributed by atoms with van der Waals surface area (Å²) in [6, 6.07) is 2.14. The van der Waals surface area contributed by atoms with E-state index < -0.39 is 5.41 Å². The lowest BCUT2D eigenvalue weighted by Gasteiger charge is -2.22. The van der Waals surface area contributed by atoms with Gasteiger partial charge in [0.25, 0.3) is 0 Å². The number of hydrogen-bond donors (Lipinski definition) is 1. The van der Waals surface area contributed by atoms with E-state index in [0.29, 0.717) is 39.2 Å². The minimum absolute atomic E-state index is 0.152. The molecule has 0 spiro atoms. The lowest BCUT2D eigenvalue weighted by Crippen LogP contribution is -2.39. The summed E-state index contributed by atoms with van der Waals surface area (Å²) in [6.45, 7) is 6.21. The quantitative estimate of drug-likeness (QED) is 0.582. The molecule has 0 aromatic carbocycles. The second-order valence-corrected chi connectivity index (χ2v) is 4.47. The van der Waals surface area contributed by atoms with Crippen LogP contribution in [0.25, 0.3) is 0 Å². The van der Waals surface area contributed by atoms with E-state index in [2.05, 4.69) is 11.4 Å². The molecule has 110 valence electrons. The minimum atomic E-state index is -0.866. The molecular formula is C14H26N2O3. The van der Waals surface area contributed by atoms with Gasteiger partial charge >= 0.3 is 0 Å². The fourth-order valence-electron chi connectivity index (χ4n) is 1.72. The molecule has 1 amide bonds. The Balaban J connectivity index is 3.72. The molecule has 0 saturated carbocycles. The van der Waals surface area contributed by atoms with Crippen LogP contribution in [0.4, 0.5) is 0 Å². The van der Waals surface area contributed by atoms with Crippen LogP contribution in [0.15, 0.2) is 0 Å². The largest absolute Gasteiger partial charge is 0.382 e. The Morgan fingerprint density at radius 2 is 1.89 bits per heavy atom. The molecule has 0 aromatic heterocycles. The van der Waals surface area contributed by atoms with Gasteiger partial charge in [-0.15, -0.1) is 0 Å². The Morgan fingerprint density at radius 3 is 2.42 bits per heavy atom. The number of hydrogen-bond acceptors (Lipinski definition) is 4. The molecule has 0 rings (SSSR count). The molecule has 0 fully saturated rings. The standard InChI is InChI=1S/C14H26N2O3/c1-4-14(5-2,12-15)13(17)16-8-6-7-9-19-11-10-18-3/h4-11H2,1-3H3,(H,16,17). The first-order chi connectivity index (χ1) is 9.16. The molecule has 0 aliphatic rings. The molecule has 0 aliphatic carbocycles. The van der Waals surface area contributed by atoms with Crippen molar-refractivity contribution < 1.29 is 14.3 Å². The van der Waals surface area contributed by atoms with E-state index in [1.807, 2.05) is 13.8 Å². The molecule has 0 heterocycles. The smallest absolute Gasteiger partial charge is 0.240 e. The molecule has 0 atom stereocenters. The van der Waals surface area contributed by atoms with Crippen molar-refractivity contribution in [3.05, 3.63) is 0 Å². The lowest BCUT2D eigenvalue weighted by molar-refractivity contribution is -0.128. The normalized spacial score (nSPS) is 11.1. The number of unbranched alkanes of at least 4 members (excludes halogenated alkanes) is 1. The Bertz CT molecular complexity index is 283. The van der Waals surface area contributed by atoms with Crippen molar-refractivity contribution in [1.29, 1.82) is 5.26 Å². The highest BCUT2D eigenvalue weighted by molar-refractivity contribution is 5.85. The summed E-state index contributed by atoms with van der Waals surface area (Å²) >= 11 is 0. The van der Waals surface area contributed by atoms with Crippen LogP contribution in [0.1, 0.15) is 39.5 Å². The Kier molecular flexibility index (Phi) is 10.1. The van der Waals surface area contributed by atoms with E-state index in [4.69, 9.17) is 14.7 Å². The summed E-state index contributed by atoms with van der Waals surface area (Å²) in [5, 5.41) is 12.0. The summed E-state index contributed by atoms with van der Waals surface area (Å²) in [7, 11) is 1.64. The van der Waals surface area contributed by atoms with E-state index in [-0.39, 0.29) is 5.91 Å². The van der Waals surface area contributed by atoms with Crippen molar-refractivity contribution in [2.45, 2.75) is 39.5 Å². The average molecular weight is 270 g/mol. The van der Waals surface area contributed by atoms with Gasteiger partial charge in [0.15, 0.2) is 0 Å². The monoisotopic (exact) mass is 270 g/mol. The van der Waals surface area contributed by atoms with Crippen LogP contribution < -0.4 is 5.32 Å². The van der Waals surface area contributed by atoms with E-state index in [1.165, 1.54) is 0 Å². The summed E-state index contributed by atoms with van der Waals surface area (Å²) < 4.78 is 10.2. The van der Waals surface area contributed by atoms with Gasteiger partial charge < -0.3 is 14.8 Å². The zero-order valence-corrected chi connectivity index (χ0v) is 12.3. The van der Waals surface area contributed by atoms with E-state index >= 15 is 0 Å². The molecule has 0 aromatic rings. The van der Waals surface area contributed by atoms with E-state index in [1.54, 1.807) is 7.11 Å². The highest BCUT2D eigenvalue weighted by Crippen LogP contribution is 2.25. The predicted octanol–water partition coefficient (Wildman–Crippen LogP) is 1.88. The van der Waals surface area contributed by atoms with Crippen LogP contribution in [-0.2, 0) is 14.3 Å². The fraction of sp³-hybridized carbons (Fsp3) is 0.857. The van der Waals surface area contributed by atoms with Crippen LogP contribution in [0.2, 0.25) is 0 Å². The summed E-state index contributed by atoms with van der Waals surface area (Å²) in [5.74, 6) is -0.152. The first-order valence-corrected chi connectivity index (χ1v) is 6.93. The van der Waals surface area contributed by atoms with Crippen LogP contribution in [0.3, 0.4) is 0 Å². The maximum Gasteiger partial charge on any atom is 0.240 e. The van der Waals surface area contributed by atoms with Crippen molar-refractivity contribution >= 4 is 5.91 Å². The molecule has 0 bridgehead atoms. The number of nitriles is 1. The summed E-state index contributed by atoms with van der Waals surface area (Å²) in [5.41, 5.74) is -0.866. The fourth-order valence-corrected chi connectivity index (χ4v) is 1.72. The first kappa shape index (κ1) is 17.9. The third-order valence-electron chi connectivity index (χ3n) is 3.29.